The largest absolute Gasteiger partial charge is 0.464 e. The number of hydrogen-bond donors (Lipinski definition) is 1. The van der Waals surface area contributed by atoms with Crippen molar-refractivity contribution in [1.29, 1.82) is 0 Å². The number of benzene rings is 1. The Hall–Kier alpha value is -2.01. The van der Waals surface area contributed by atoms with Gasteiger partial charge in [-0.1, -0.05) is 30.4 Å². The fourth-order valence-electron chi connectivity index (χ4n) is 2.08. The number of nitrogens with zero attached hydrogens (tertiary/aromatic N) is 2. The second-order valence-electron chi connectivity index (χ2n) is 4.15. The van der Waals surface area contributed by atoms with Crippen molar-refractivity contribution in [2.45, 2.75) is 6.92 Å². The summed E-state index contributed by atoms with van der Waals surface area (Å²) in [6.07, 6.45) is 3.00. The van der Waals surface area contributed by atoms with Crippen LogP contribution in [0.3, 0.4) is 0 Å². The number of hydrazine groups is 1. The average Bonchev–Trinajstić information content (AvgIpc) is 2.43. The van der Waals surface area contributed by atoms with E-state index < -0.39 is 6.09 Å². The molecular weight excluding hydrogens is 244 g/mol. The fourth-order valence-corrected chi connectivity index (χ4v) is 2.08. The predicted octanol–water partition coefficient (Wildman–Crippen LogP) is 2.45. The van der Waals surface area contributed by atoms with Gasteiger partial charge in [0.15, 0.2) is 0 Å². The number of rotatable bonds is 5. The maximum atomic E-state index is 11.4. The van der Waals surface area contributed by atoms with E-state index >= 15 is 0 Å². The van der Waals surface area contributed by atoms with E-state index in [0.717, 1.165) is 11.3 Å². The summed E-state index contributed by atoms with van der Waals surface area (Å²) < 4.78 is 5.24. The van der Waals surface area contributed by atoms with Crippen molar-refractivity contribution in [2.24, 2.45) is 0 Å². The molecule has 0 radical (unpaired) electrons. The summed E-state index contributed by atoms with van der Waals surface area (Å²) in [6, 6.07) is 7.75. The second-order valence-corrected chi connectivity index (χ2v) is 4.15. The highest BCUT2D eigenvalue weighted by Gasteiger charge is 2.23. The van der Waals surface area contributed by atoms with Crippen LogP contribution in [0.1, 0.15) is 12.5 Å². The maximum Gasteiger partial charge on any atom is 0.426 e. The number of anilines is 1. The molecule has 0 aliphatic carbocycles. The number of carboxylic acid groups (broad SMARTS) is 1. The lowest BCUT2D eigenvalue weighted by Crippen LogP contribution is -2.48. The Labute approximate surface area is 112 Å². The fraction of sp³-hybridized carbons (Fsp3) is 0.357. The molecule has 0 fully saturated rings. The molecule has 0 spiro atoms. The number of hydrogen-bond acceptors (Lipinski definition) is 3. The minimum Gasteiger partial charge on any atom is -0.464 e. The number of fused-ring (bicyclic) bond motifs is 1. The molecule has 19 heavy (non-hydrogen) atoms. The van der Waals surface area contributed by atoms with E-state index in [0.29, 0.717) is 26.3 Å². The summed E-state index contributed by atoms with van der Waals surface area (Å²) in [5.74, 6) is 0. The van der Waals surface area contributed by atoms with Gasteiger partial charge in [-0.25, -0.2) is 9.80 Å². The van der Waals surface area contributed by atoms with Gasteiger partial charge in [-0.15, -0.1) is 0 Å². The van der Waals surface area contributed by atoms with Gasteiger partial charge in [0.1, 0.15) is 0 Å². The van der Waals surface area contributed by atoms with E-state index in [1.54, 1.807) is 5.01 Å². The van der Waals surface area contributed by atoms with E-state index in [1.807, 2.05) is 43.3 Å². The number of amides is 1. The van der Waals surface area contributed by atoms with Crippen molar-refractivity contribution in [3.63, 3.8) is 0 Å². The highest BCUT2D eigenvalue weighted by Crippen LogP contribution is 2.26. The Bertz CT molecular complexity index is 474. The maximum absolute atomic E-state index is 11.4. The van der Waals surface area contributed by atoms with Gasteiger partial charge in [0.2, 0.25) is 0 Å². The summed E-state index contributed by atoms with van der Waals surface area (Å²) in [5, 5.41) is 12.4. The molecule has 0 unspecified atom stereocenters. The monoisotopic (exact) mass is 262 g/mol. The zero-order valence-corrected chi connectivity index (χ0v) is 11.0. The van der Waals surface area contributed by atoms with Gasteiger partial charge >= 0.3 is 6.09 Å². The van der Waals surface area contributed by atoms with Crippen molar-refractivity contribution in [3.05, 3.63) is 35.9 Å². The van der Waals surface area contributed by atoms with Crippen LogP contribution in [-0.4, -0.2) is 42.5 Å². The lowest BCUT2D eigenvalue weighted by molar-refractivity contribution is 0.0967. The van der Waals surface area contributed by atoms with Gasteiger partial charge in [0.05, 0.1) is 25.4 Å². The first-order valence-electron chi connectivity index (χ1n) is 6.35. The van der Waals surface area contributed by atoms with Crippen LogP contribution in [0.25, 0.3) is 6.08 Å². The molecule has 102 valence electrons. The van der Waals surface area contributed by atoms with E-state index in [-0.39, 0.29) is 0 Å². The van der Waals surface area contributed by atoms with Crippen molar-refractivity contribution < 1.29 is 14.6 Å². The first-order chi connectivity index (χ1) is 9.24. The van der Waals surface area contributed by atoms with E-state index in [9.17, 15) is 9.90 Å². The van der Waals surface area contributed by atoms with Crippen LogP contribution in [0.4, 0.5) is 10.5 Å². The molecule has 1 heterocycles. The van der Waals surface area contributed by atoms with Crippen LogP contribution in [0, 0.1) is 0 Å². The second kappa shape index (κ2) is 6.24. The Balaban J connectivity index is 2.18. The van der Waals surface area contributed by atoms with E-state index in [1.165, 1.54) is 5.01 Å². The number of para-hydroxylation sites is 1. The van der Waals surface area contributed by atoms with Gasteiger partial charge in [-0.05, 0) is 18.6 Å². The molecule has 5 nitrogen and oxygen atoms in total. The molecule has 1 aromatic carbocycles. The Kier molecular flexibility index (Phi) is 4.41. The van der Waals surface area contributed by atoms with Crippen molar-refractivity contribution in [2.75, 3.05) is 31.3 Å². The predicted molar refractivity (Wildman–Crippen MR) is 74.0 cm³/mol. The third-order valence-electron chi connectivity index (χ3n) is 2.95. The first-order valence-corrected chi connectivity index (χ1v) is 6.35. The first kappa shape index (κ1) is 13.4. The Morgan fingerprint density at radius 2 is 2.26 bits per heavy atom. The summed E-state index contributed by atoms with van der Waals surface area (Å²) in [7, 11) is 0. The van der Waals surface area contributed by atoms with Crippen LogP contribution >= 0.6 is 0 Å². The average molecular weight is 262 g/mol. The van der Waals surface area contributed by atoms with Gasteiger partial charge in [-0.2, -0.15) is 0 Å². The summed E-state index contributed by atoms with van der Waals surface area (Å²) >= 11 is 0. The molecule has 0 saturated carbocycles. The van der Waals surface area contributed by atoms with Crippen LogP contribution in [0.2, 0.25) is 0 Å². The molecule has 0 aromatic heterocycles. The molecule has 2 rings (SSSR count). The lowest BCUT2D eigenvalue weighted by Gasteiger charge is -2.36. The standard InChI is InChI=1S/C14H18N2O3/c1-2-19-11-10-16(14(17)18)15-9-5-7-12-6-3-4-8-13(12)15/h3-8H,2,9-11H2,1H3,(H,17,18). The number of carbonyl (C=O) groups is 1. The van der Waals surface area contributed by atoms with Crippen LogP contribution in [0.15, 0.2) is 30.3 Å². The third-order valence-corrected chi connectivity index (χ3v) is 2.95. The highest BCUT2D eigenvalue weighted by atomic mass is 16.5. The summed E-state index contributed by atoms with van der Waals surface area (Å²) in [6.45, 7) is 3.75. The van der Waals surface area contributed by atoms with Gasteiger partial charge in [-0.3, -0.25) is 5.01 Å². The summed E-state index contributed by atoms with van der Waals surface area (Å²) in [5.41, 5.74) is 1.93. The minimum atomic E-state index is -0.968. The Morgan fingerprint density at radius 3 is 3.00 bits per heavy atom. The summed E-state index contributed by atoms with van der Waals surface area (Å²) in [4.78, 5) is 11.4. The van der Waals surface area contributed by atoms with Crippen LogP contribution < -0.4 is 5.01 Å². The topological polar surface area (TPSA) is 53.0 Å². The van der Waals surface area contributed by atoms with E-state index in [4.69, 9.17) is 4.74 Å². The normalized spacial score (nSPS) is 13.2. The molecule has 5 heteroatoms. The smallest absolute Gasteiger partial charge is 0.426 e. The van der Waals surface area contributed by atoms with Crippen molar-refractivity contribution in [1.82, 2.24) is 5.01 Å². The molecule has 1 aliphatic heterocycles. The van der Waals surface area contributed by atoms with Gasteiger partial charge < -0.3 is 9.84 Å². The number of ether oxygens (including phenoxy) is 1. The molecule has 1 aliphatic rings. The van der Waals surface area contributed by atoms with Gasteiger partial charge in [0, 0.05) is 6.61 Å². The SMILES string of the molecule is CCOCCN(C(=O)O)N1CC=Cc2ccccc21. The van der Waals surface area contributed by atoms with Crippen LogP contribution in [0.5, 0.6) is 0 Å². The molecule has 1 aromatic rings. The van der Waals surface area contributed by atoms with Crippen LogP contribution in [-0.2, 0) is 4.74 Å². The zero-order valence-electron chi connectivity index (χ0n) is 11.0. The third kappa shape index (κ3) is 3.06. The lowest BCUT2D eigenvalue weighted by atomic mass is 10.1. The van der Waals surface area contributed by atoms with Gasteiger partial charge in [0.25, 0.3) is 0 Å². The molecular formula is C14H18N2O3. The molecule has 1 N–H and O–H groups in total. The molecule has 0 atom stereocenters. The highest BCUT2D eigenvalue weighted by molar-refractivity contribution is 5.75. The quantitative estimate of drug-likeness (QED) is 0.828. The zero-order chi connectivity index (χ0) is 13.7. The van der Waals surface area contributed by atoms with E-state index in [2.05, 4.69) is 0 Å². The Morgan fingerprint density at radius 1 is 1.47 bits per heavy atom. The minimum absolute atomic E-state index is 0.325. The van der Waals surface area contributed by atoms with Crippen molar-refractivity contribution in [3.8, 4) is 0 Å². The van der Waals surface area contributed by atoms with Crippen molar-refractivity contribution >= 4 is 17.9 Å². The molecule has 0 saturated heterocycles. The molecule has 0 bridgehead atoms. The molecule has 1 amide bonds.